The molecule has 1 atom stereocenters. The number of aliphatic carboxylic acids is 1. The summed E-state index contributed by atoms with van der Waals surface area (Å²) in [4.78, 5) is 16.6. The molecule has 4 aromatic rings. The van der Waals surface area contributed by atoms with Crippen LogP contribution in [0.2, 0.25) is 0 Å². The SMILES string of the molecule is Fc1ccc2nc(-c3ccc(-c4ccc(CNCC5CCCO5)cc4)cc3)[nH]c2c1.O=C(O)C(F)(F)F. The molecule has 6 nitrogen and oxygen atoms in total. The Hall–Kier alpha value is -3.76. The molecule has 10 heteroatoms. The van der Waals surface area contributed by atoms with E-state index in [1.165, 1.54) is 29.7 Å². The first-order valence-corrected chi connectivity index (χ1v) is 11.7. The summed E-state index contributed by atoms with van der Waals surface area (Å²) >= 11 is 0. The minimum atomic E-state index is -5.08. The standard InChI is InChI=1S/C25H24FN3O.C2HF3O2/c26-21-11-12-23-24(14-21)29-25(28-23)20-9-7-19(8-10-20)18-5-3-17(4-6-18)15-27-16-22-2-1-13-30-22;3-2(4,5)1(6)7/h3-12,14,22,27H,1-2,13,15-16H2,(H,28,29);(H,6,7). The maximum Gasteiger partial charge on any atom is 0.490 e. The van der Waals surface area contributed by atoms with E-state index in [0.29, 0.717) is 11.6 Å². The van der Waals surface area contributed by atoms with Gasteiger partial charge in [0.05, 0.1) is 17.1 Å². The molecule has 1 aliphatic rings. The summed E-state index contributed by atoms with van der Waals surface area (Å²) in [6.45, 7) is 2.66. The molecule has 0 saturated carbocycles. The lowest BCUT2D eigenvalue weighted by molar-refractivity contribution is -0.192. The molecule has 0 radical (unpaired) electrons. The first-order valence-electron chi connectivity index (χ1n) is 11.7. The zero-order valence-electron chi connectivity index (χ0n) is 19.7. The molecule has 1 aliphatic heterocycles. The van der Waals surface area contributed by atoms with E-state index in [9.17, 15) is 17.6 Å². The Morgan fingerprint density at radius 2 is 1.65 bits per heavy atom. The Morgan fingerprint density at radius 1 is 1.03 bits per heavy atom. The fourth-order valence-electron chi connectivity index (χ4n) is 3.94. The van der Waals surface area contributed by atoms with Crippen molar-refractivity contribution >= 4 is 17.0 Å². The second kappa shape index (κ2) is 11.5. The van der Waals surface area contributed by atoms with Crippen molar-refractivity contribution in [1.82, 2.24) is 15.3 Å². The highest BCUT2D eigenvalue weighted by atomic mass is 19.4. The number of hydrogen-bond donors (Lipinski definition) is 3. The molecule has 3 N–H and O–H groups in total. The molecule has 1 saturated heterocycles. The van der Waals surface area contributed by atoms with Gasteiger partial charge < -0.3 is 20.1 Å². The van der Waals surface area contributed by atoms with Gasteiger partial charge in [0.2, 0.25) is 0 Å². The van der Waals surface area contributed by atoms with Crippen LogP contribution in [0, 0.1) is 5.82 Å². The zero-order chi connectivity index (χ0) is 26.4. The Kier molecular flexibility index (Phi) is 8.20. The van der Waals surface area contributed by atoms with Crippen LogP contribution >= 0.6 is 0 Å². The largest absolute Gasteiger partial charge is 0.490 e. The van der Waals surface area contributed by atoms with Gasteiger partial charge >= 0.3 is 12.1 Å². The number of hydrogen-bond acceptors (Lipinski definition) is 4. The smallest absolute Gasteiger partial charge is 0.475 e. The van der Waals surface area contributed by atoms with Crippen molar-refractivity contribution in [2.75, 3.05) is 13.2 Å². The van der Waals surface area contributed by atoms with E-state index in [2.05, 4.69) is 51.7 Å². The molecule has 2 heterocycles. The van der Waals surface area contributed by atoms with Gasteiger partial charge in [0.15, 0.2) is 0 Å². The maximum atomic E-state index is 13.4. The second-order valence-electron chi connectivity index (χ2n) is 8.59. The van der Waals surface area contributed by atoms with Crippen LogP contribution < -0.4 is 5.32 Å². The van der Waals surface area contributed by atoms with Crippen LogP contribution in [-0.4, -0.2) is 46.5 Å². The first-order chi connectivity index (χ1) is 17.7. The first kappa shape index (κ1) is 26.3. The quantitative estimate of drug-likeness (QED) is 0.277. The number of carboxylic acids is 1. The highest BCUT2D eigenvalue weighted by molar-refractivity contribution is 5.80. The average molecular weight is 516 g/mol. The van der Waals surface area contributed by atoms with Crippen molar-refractivity contribution in [2.24, 2.45) is 0 Å². The van der Waals surface area contributed by atoms with Crippen LogP contribution in [0.5, 0.6) is 0 Å². The fourth-order valence-corrected chi connectivity index (χ4v) is 3.94. The summed E-state index contributed by atoms with van der Waals surface area (Å²) in [7, 11) is 0. The average Bonchev–Trinajstić information content (AvgIpc) is 3.54. The number of carboxylic acid groups (broad SMARTS) is 1. The highest BCUT2D eigenvalue weighted by Gasteiger charge is 2.38. The summed E-state index contributed by atoms with van der Waals surface area (Å²) in [6, 6.07) is 21.5. The number of fused-ring (bicyclic) bond motifs is 1. The van der Waals surface area contributed by atoms with Gasteiger partial charge in [0.25, 0.3) is 0 Å². The molecule has 37 heavy (non-hydrogen) atoms. The van der Waals surface area contributed by atoms with E-state index in [4.69, 9.17) is 14.6 Å². The topological polar surface area (TPSA) is 87.2 Å². The van der Waals surface area contributed by atoms with Crippen molar-refractivity contribution < 1.29 is 32.2 Å². The van der Waals surface area contributed by atoms with Crippen LogP contribution in [0.1, 0.15) is 18.4 Å². The molecule has 1 aromatic heterocycles. The third-order valence-corrected chi connectivity index (χ3v) is 5.86. The summed E-state index contributed by atoms with van der Waals surface area (Å²) in [5.74, 6) is -2.28. The van der Waals surface area contributed by atoms with Crippen molar-refractivity contribution in [3.63, 3.8) is 0 Å². The van der Waals surface area contributed by atoms with Crippen LogP contribution in [0.15, 0.2) is 66.7 Å². The van der Waals surface area contributed by atoms with Gasteiger partial charge in [-0.2, -0.15) is 13.2 Å². The number of benzene rings is 3. The number of nitrogens with one attached hydrogen (secondary N) is 2. The number of H-pyrrole nitrogens is 1. The molecule has 0 amide bonds. The van der Waals surface area contributed by atoms with Crippen molar-refractivity contribution in [2.45, 2.75) is 31.7 Å². The number of halogens is 4. The van der Waals surface area contributed by atoms with Gasteiger partial charge in [-0.1, -0.05) is 48.5 Å². The van der Waals surface area contributed by atoms with Crippen LogP contribution in [-0.2, 0) is 16.1 Å². The molecule has 1 unspecified atom stereocenters. The molecule has 194 valence electrons. The Labute approximate surface area is 210 Å². The molecule has 3 aromatic carbocycles. The maximum absolute atomic E-state index is 13.4. The summed E-state index contributed by atoms with van der Waals surface area (Å²) in [6.07, 6.45) is -2.38. The Morgan fingerprint density at radius 3 is 2.24 bits per heavy atom. The number of carbonyl (C=O) groups is 1. The predicted octanol–water partition coefficient (Wildman–Crippen LogP) is 5.94. The Bertz CT molecular complexity index is 1330. The number of aromatic nitrogens is 2. The second-order valence-corrected chi connectivity index (χ2v) is 8.59. The van der Waals surface area contributed by atoms with Crippen LogP contribution in [0.25, 0.3) is 33.5 Å². The van der Waals surface area contributed by atoms with E-state index in [0.717, 1.165) is 48.6 Å². The number of nitrogens with zero attached hydrogens (tertiary/aromatic N) is 1. The third kappa shape index (κ3) is 7.14. The van der Waals surface area contributed by atoms with E-state index in [1.54, 1.807) is 6.07 Å². The predicted molar refractivity (Wildman–Crippen MR) is 131 cm³/mol. The van der Waals surface area contributed by atoms with E-state index in [-0.39, 0.29) is 5.82 Å². The van der Waals surface area contributed by atoms with Gasteiger partial charge in [-0.25, -0.2) is 14.2 Å². The number of alkyl halides is 3. The fraction of sp³-hybridized carbons (Fsp3) is 0.259. The number of imidazole rings is 1. The number of ether oxygens (including phenoxy) is 1. The van der Waals surface area contributed by atoms with Crippen LogP contribution in [0.4, 0.5) is 17.6 Å². The highest BCUT2D eigenvalue weighted by Crippen LogP contribution is 2.25. The third-order valence-electron chi connectivity index (χ3n) is 5.86. The van der Waals surface area contributed by atoms with Crippen molar-refractivity contribution in [3.05, 3.63) is 78.1 Å². The summed E-state index contributed by atoms with van der Waals surface area (Å²) in [5, 5.41) is 10.6. The normalized spacial score (nSPS) is 15.4. The van der Waals surface area contributed by atoms with Crippen molar-refractivity contribution in [1.29, 1.82) is 0 Å². The van der Waals surface area contributed by atoms with Gasteiger partial charge in [-0.15, -0.1) is 0 Å². The molecule has 0 aliphatic carbocycles. The number of aromatic amines is 1. The van der Waals surface area contributed by atoms with Gasteiger partial charge in [0, 0.05) is 25.3 Å². The van der Waals surface area contributed by atoms with Gasteiger partial charge in [-0.05, 0) is 47.7 Å². The minimum Gasteiger partial charge on any atom is -0.475 e. The monoisotopic (exact) mass is 515 g/mol. The molecule has 1 fully saturated rings. The van der Waals surface area contributed by atoms with Gasteiger partial charge in [0.1, 0.15) is 11.6 Å². The van der Waals surface area contributed by atoms with E-state index < -0.39 is 12.1 Å². The van der Waals surface area contributed by atoms with E-state index >= 15 is 0 Å². The molecule has 0 bridgehead atoms. The lowest BCUT2D eigenvalue weighted by Gasteiger charge is -2.11. The molecular weight excluding hydrogens is 490 g/mol. The molecule has 5 rings (SSSR count). The minimum absolute atomic E-state index is 0.265. The summed E-state index contributed by atoms with van der Waals surface area (Å²) in [5.41, 5.74) is 6.04. The molecule has 0 spiro atoms. The lowest BCUT2D eigenvalue weighted by atomic mass is 10.0. The lowest BCUT2D eigenvalue weighted by Crippen LogP contribution is -2.25. The Balaban J connectivity index is 0.000000405. The van der Waals surface area contributed by atoms with Crippen LogP contribution in [0.3, 0.4) is 0 Å². The zero-order valence-corrected chi connectivity index (χ0v) is 19.7. The summed E-state index contributed by atoms with van der Waals surface area (Å²) < 4.78 is 50.8. The number of rotatable bonds is 6. The van der Waals surface area contributed by atoms with Crippen molar-refractivity contribution in [3.8, 4) is 22.5 Å². The van der Waals surface area contributed by atoms with E-state index in [1.807, 2.05) is 12.1 Å². The van der Waals surface area contributed by atoms with Gasteiger partial charge in [-0.3, -0.25) is 0 Å². The molecular formula is C27H25F4N3O3.